The third kappa shape index (κ3) is 3.73. The highest BCUT2D eigenvalue weighted by Crippen LogP contribution is 2.36. The Bertz CT molecular complexity index is 988. The van der Waals surface area contributed by atoms with Gasteiger partial charge in [-0.2, -0.15) is 5.10 Å². The minimum Gasteiger partial charge on any atom is -0.493 e. The molecule has 6 nitrogen and oxygen atoms in total. The van der Waals surface area contributed by atoms with E-state index in [9.17, 15) is 0 Å². The number of rotatable bonds is 7. The van der Waals surface area contributed by atoms with Gasteiger partial charge in [0.1, 0.15) is 0 Å². The lowest BCUT2D eigenvalue weighted by atomic mass is 9.97. The monoisotopic (exact) mass is 380 g/mol. The Morgan fingerprint density at radius 1 is 1.00 bits per heavy atom. The molecule has 0 spiro atoms. The minimum atomic E-state index is 0.0742. The summed E-state index contributed by atoms with van der Waals surface area (Å²) in [7, 11) is 5.23. The number of nitrogens with one attached hydrogen (secondary N) is 2. The van der Waals surface area contributed by atoms with Gasteiger partial charge in [-0.15, -0.1) is 5.10 Å². The maximum Gasteiger partial charge on any atom is 0.161 e. The largest absolute Gasteiger partial charge is 0.493 e. The van der Waals surface area contributed by atoms with Gasteiger partial charge < -0.3 is 20.1 Å². The molecule has 2 N–H and O–H groups in total. The van der Waals surface area contributed by atoms with E-state index in [1.54, 1.807) is 14.2 Å². The summed E-state index contributed by atoms with van der Waals surface area (Å²) in [4.78, 5) is 0. The molecule has 1 atom stereocenters. The number of aryl methyl sites for hydroxylation is 1. The summed E-state index contributed by atoms with van der Waals surface area (Å²) < 4.78 is 10.9. The molecule has 1 aromatic heterocycles. The van der Waals surface area contributed by atoms with Crippen molar-refractivity contribution in [2.45, 2.75) is 33.4 Å². The number of anilines is 1. The van der Waals surface area contributed by atoms with E-state index in [0.717, 1.165) is 28.8 Å². The van der Waals surface area contributed by atoms with Gasteiger partial charge in [-0.05, 0) is 56.6 Å². The van der Waals surface area contributed by atoms with Crippen LogP contribution < -0.4 is 20.1 Å². The highest BCUT2D eigenvalue weighted by Gasteiger charge is 2.16. The SMILES string of the molecule is CNCc1cccc([C@@H](C)Nc2nnc(C)c3cc(OC)c(OC)cc23)c1C. The molecule has 0 radical (unpaired) electrons. The molecular weight excluding hydrogens is 352 g/mol. The van der Waals surface area contributed by atoms with E-state index in [1.807, 2.05) is 26.1 Å². The Hall–Kier alpha value is -2.86. The van der Waals surface area contributed by atoms with Crippen molar-refractivity contribution in [3.63, 3.8) is 0 Å². The molecule has 28 heavy (non-hydrogen) atoms. The van der Waals surface area contributed by atoms with Gasteiger partial charge >= 0.3 is 0 Å². The average molecular weight is 380 g/mol. The summed E-state index contributed by atoms with van der Waals surface area (Å²) in [6, 6.07) is 10.4. The van der Waals surface area contributed by atoms with Crippen LogP contribution >= 0.6 is 0 Å². The van der Waals surface area contributed by atoms with Crippen LogP contribution in [0.1, 0.15) is 35.3 Å². The first kappa shape index (κ1) is 19.9. The molecule has 0 bridgehead atoms. The summed E-state index contributed by atoms with van der Waals surface area (Å²) in [5.41, 5.74) is 4.66. The maximum absolute atomic E-state index is 5.48. The first-order valence-corrected chi connectivity index (χ1v) is 9.38. The first-order valence-electron chi connectivity index (χ1n) is 9.38. The fraction of sp³-hybridized carbons (Fsp3) is 0.364. The number of benzene rings is 2. The zero-order valence-corrected chi connectivity index (χ0v) is 17.4. The second-order valence-corrected chi connectivity index (χ2v) is 6.91. The third-order valence-electron chi connectivity index (χ3n) is 5.14. The van der Waals surface area contributed by atoms with Crippen LogP contribution in [-0.4, -0.2) is 31.5 Å². The van der Waals surface area contributed by atoms with Gasteiger partial charge in [0.15, 0.2) is 17.3 Å². The molecule has 0 unspecified atom stereocenters. The van der Waals surface area contributed by atoms with Crippen molar-refractivity contribution < 1.29 is 9.47 Å². The van der Waals surface area contributed by atoms with Gasteiger partial charge in [0.25, 0.3) is 0 Å². The van der Waals surface area contributed by atoms with Gasteiger partial charge in [-0.1, -0.05) is 18.2 Å². The second-order valence-electron chi connectivity index (χ2n) is 6.91. The molecule has 0 aliphatic rings. The molecule has 0 aliphatic heterocycles. The van der Waals surface area contributed by atoms with E-state index in [0.29, 0.717) is 11.5 Å². The van der Waals surface area contributed by atoms with Crippen LogP contribution in [0.5, 0.6) is 11.5 Å². The Morgan fingerprint density at radius 3 is 2.32 bits per heavy atom. The Morgan fingerprint density at radius 2 is 1.68 bits per heavy atom. The second kappa shape index (κ2) is 8.44. The molecule has 0 aliphatic carbocycles. The highest BCUT2D eigenvalue weighted by molar-refractivity contribution is 5.95. The predicted octanol–water partition coefficient (Wildman–Crippen LogP) is 4.16. The molecule has 0 amide bonds. The van der Waals surface area contributed by atoms with Gasteiger partial charge in [0.2, 0.25) is 0 Å². The zero-order valence-electron chi connectivity index (χ0n) is 17.4. The van der Waals surface area contributed by atoms with Crippen molar-refractivity contribution >= 4 is 16.6 Å². The number of methoxy groups -OCH3 is 2. The first-order chi connectivity index (χ1) is 13.5. The molecule has 3 rings (SSSR count). The molecule has 2 aromatic carbocycles. The topological polar surface area (TPSA) is 68.3 Å². The van der Waals surface area contributed by atoms with Crippen LogP contribution in [0, 0.1) is 13.8 Å². The predicted molar refractivity (Wildman–Crippen MR) is 113 cm³/mol. The molecule has 3 aromatic rings. The number of hydrogen-bond acceptors (Lipinski definition) is 6. The molecular formula is C22H28N4O2. The lowest BCUT2D eigenvalue weighted by Crippen LogP contribution is -2.13. The number of hydrogen-bond donors (Lipinski definition) is 2. The standard InChI is InChI=1S/C22H28N4O2/c1-13-16(12-23-4)8-7-9-17(13)14(2)24-22-19-11-21(28-6)20(27-5)10-18(19)15(3)25-26-22/h7-11,14,23H,12H2,1-6H3,(H,24,26)/t14-/m1/s1. The Labute approximate surface area is 166 Å². The highest BCUT2D eigenvalue weighted by atomic mass is 16.5. The van der Waals surface area contributed by atoms with Crippen molar-refractivity contribution in [1.29, 1.82) is 0 Å². The lowest BCUT2D eigenvalue weighted by Gasteiger charge is -2.20. The molecule has 0 fully saturated rings. The smallest absolute Gasteiger partial charge is 0.161 e. The quantitative estimate of drug-likeness (QED) is 0.642. The lowest BCUT2D eigenvalue weighted by molar-refractivity contribution is 0.356. The van der Waals surface area contributed by atoms with Crippen LogP contribution in [0.25, 0.3) is 10.8 Å². The van der Waals surface area contributed by atoms with Gasteiger partial charge in [0, 0.05) is 17.3 Å². The van der Waals surface area contributed by atoms with E-state index in [2.05, 4.69) is 52.9 Å². The molecule has 0 saturated heterocycles. The number of aromatic nitrogens is 2. The average Bonchev–Trinajstić information content (AvgIpc) is 2.70. The van der Waals surface area contributed by atoms with Crippen molar-refractivity contribution in [2.75, 3.05) is 26.6 Å². The van der Waals surface area contributed by atoms with Crippen LogP contribution in [0.4, 0.5) is 5.82 Å². The maximum atomic E-state index is 5.48. The molecule has 6 heteroatoms. The van der Waals surface area contributed by atoms with Gasteiger partial charge in [0.05, 0.1) is 26.0 Å². The summed E-state index contributed by atoms with van der Waals surface area (Å²) in [5.74, 6) is 2.08. The van der Waals surface area contributed by atoms with Crippen molar-refractivity contribution in [1.82, 2.24) is 15.5 Å². The van der Waals surface area contributed by atoms with Crippen LogP contribution in [0.3, 0.4) is 0 Å². The third-order valence-corrected chi connectivity index (χ3v) is 5.14. The Kier molecular flexibility index (Phi) is 5.99. The summed E-state index contributed by atoms with van der Waals surface area (Å²) in [5, 5.41) is 17.5. The fourth-order valence-corrected chi connectivity index (χ4v) is 3.55. The van der Waals surface area contributed by atoms with Crippen molar-refractivity contribution in [3.05, 3.63) is 52.7 Å². The fourth-order valence-electron chi connectivity index (χ4n) is 3.55. The van der Waals surface area contributed by atoms with E-state index in [1.165, 1.54) is 16.7 Å². The minimum absolute atomic E-state index is 0.0742. The van der Waals surface area contributed by atoms with Crippen LogP contribution in [-0.2, 0) is 6.54 Å². The molecule has 1 heterocycles. The summed E-state index contributed by atoms with van der Waals surface area (Å²) >= 11 is 0. The number of ether oxygens (including phenoxy) is 2. The van der Waals surface area contributed by atoms with Crippen molar-refractivity contribution in [3.8, 4) is 11.5 Å². The van der Waals surface area contributed by atoms with E-state index in [4.69, 9.17) is 9.47 Å². The van der Waals surface area contributed by atoms with Crippen molar-refractivity contribution in [2.24, 2.45) is 0 Å². The van der Waals surface area contributed by atoms with Crippen LogP contribution in [0.2, 0.25) is 0 Å². The normalized spacial score (nSPS) is 12.1. The van der Waals surface area contributed by atoms with Gasteiger partial charge in [-0.3, -0.25) is 0 Å². The summed E-state index contributed by atoms with van der Waals surface area (Å²) in [6.45, 7) is 7.09. The number of nitrogens with zero attached hydrogens (tertiary/aromatic N) is 2. The van der Waals surface area contributed by atoms with Crippen LogP contribution in [0.15, 0.2) is 30.3 Å². The summed E-state index contributed by atoms with van der Waals surface area (Å²) in [6.07, 6.45) is 0. The zero-order chi connectivity index (χ0) is 20.3. The van der Waals surface area contributed by atoms with Gasteiger partial charge in [-0.25, -0.2) is 0 Å². The van der Waals surface area contributed by atoms with E-state index in [-0.39, 0.29) is 6.04 Å². The van der Waals surface area contributed by atoms with E-state index >= 15 is 0 Å². The Balaban J connectivity index is 2.03. The molecule has 148 valence electrons. The number of fused-ring (bicyclic) bond motifs is 1. The molecule has 0 saturated carbocycles. The van der Waals surface area contributed by atoms with E-state index < -0.39 is 0 Å².